The van der Waals surface area contributed by atoms with Crippen molar-refractivity contribution in [2.75, 3.05) is 7.11 Å². The van der Waals surface area contributed by atoms with Gasteiger partial charge in [0.05, 0.1) is 19.4 Å². The topological polar surface area (TPSA) is 26.3 Å². The van der Waals surface area contributed by atoms with E-state index in [1.165, 1.54) is 31.4 Å². The van der Waals surface area contributed by atoms with E-state index in [4.69, 9.17) is 4.74 Å². The Labute approximate surface area is 126 Å². The number of hydrogen-bond acceptors (Lipinski definition) is 2. The summed E-state index contributed by atoms with van der Waals surface area (Å²) in [6, 6.07) is 14.1. The molecule has 0 fully saturated rings. The predicted octanol–water partition coefficient (Wildman–Crippen LogP) is 4.61. The van der Waals surface area contributed by atoms with Gasteiger partial charge in [0.25, 0.3) is 0 Å². The SMILES string of the molecule is COc1ccc(C(=O)[C@@H](CC(F)(F)F)c2ccccc2)cc1. The van der Waals surface area contributed by atoms with Crippen LogP contribution in [0.5, 0.6) is 5.75 Å². The number of methoxy groups -OCH3 is 1. The van der Waals surface area contributed by atoms with Crippen LogP contribution in [-0.4, -0.2) is 19.1 Å². The Bertz CT molecular complexity index is 619. The van der Waals surface area contributed by atoms with Crippen LogP contribution < -0.4 is 4.74 Å². The number of Topliss-reactive ketones (excluding diaryl/α,β-unsaturated/α-hetero) is 1. The van der Waals surface area contributed by atoms with E-state index in [0.717, 1.165) is 0 Å². The zero-order valence-electron chi connectivity index (χ0n) is 11.9. The minimum absolute atomic E-state index is 0.235. The standard InChI is InChI=1S/C17H15F3O2/c1-22-14-9-7-13(8-10-14)16(21)15(11-17(18,19)20)12-5-3-2-4-6-12/h2-10,15H,11H2,1H3/t15-/m0/s1. The van der Waals surface area contributed by atoms with Gasteiger partial charge < -0.3 is 4.74 Å². The molecule has 0 aliphatic rings. The van der Waals surface area contributed by atoms with E-state index in [9.17, 15) is 18.0 Å². The molecule has 0 amide bonds. The summed E-state index contributed by atoms with van der Waals surface area (Å²) in [5.74, 6) is -1.25. The van der Waals surface area contributed by atoms with Crippen molar-refractivity contribution in [3.05, 3.63) is 65.7 Å². The molecule has 116 valence electrons. The molecule has 0 radical (unpaired) electrons. The predicted molar refractivity (Wildman–Crippen MR) is 77.2 cm³/mol. The summed E-state index contributed by atoms with van der Waals surface area (Å²) in [5.41, 5.74) is 0.597. The first kappa shape index (κ1) is 16.1. The average molecular weight is 308 g/mol. The lowest BCUT2D eigenvalue weighted by atomic mass is 9.88. The highest BCUT2D eigenvalue weighted by Crippen LogP contribution is 2.33. The highest BCUT2D eigenvalue weighted by atomic mass is 19.4. The van der Waals surface area contributed by atoms with Crippen molar-refractivity contribution in [3.63, 3.8) is 0 Å². The largest absolute Gasteiger partial charge is 0.497 e. The van der Waals surface area contributed by atoms with E-state index in [1.54, 1.807) is 30.3 Å². The molecule has 1 atom stereocenters. The molecule has 5 heteroatoms. The number of ether oxygens (including phenoxy) is 1. The summed E-state index contributed by atoms with van der Waals surface area (Å²) in [6.07, 6.45) is -5.59. The Hall–Kier alpha value is -2.30. The van der Waals surface area contributed by atoms with E-state index < -0.39 is 24.3 Å². The molecule has 2 aromatic rings. The Morgan fingerprint density at radius 3 is 2.14 bits per heavy atom. The van der Waals surface area contributed by atoms with Crippen LogP contribution in [0.2, 0.25) is 0 Å². The number of hydrogen-bond donors (Lipinski definition) is 0. The summed E-state index contributed by atoms with van der Waals surface area (Å²) >= 11 is 0. The second kappa shape index (κ2) is 6.64. The fourth-order valence-electron chi connectivity index (χ4n) is 2.24. The van der Waals surface area contributed by atoms with Gasteiger partial charge in [-0.2, -0.15) is 13.2 Å². The van der Waals surface area contributed by atoms with Gasteiger partial charge in [0.1, 0.15) is 5.75 Å². The second-order valence-electron chi connectivity index (χ2n) is 4.88. The summed E-state index contributed by atoms with van der Waals surface area (Å²) < 4.78 is 43.4. The van der Waals surface area contributed by atoms with Gasteiger partial charge in [0, 0.05) is 5.56 Å². The number of carbonyl (C=O) groups excluding carboxylic acids is 1. The smallest absolute Gasteiger partial charge is 0.390 e. The third-order valence-electron chi connectivity index (χ3n) is 3.33. The van der Waals surface area contributed by atoms with Gasteiger partial charge in [-0.1, -0.05) is 30.3 Å². The van der Waals surface area contributed by atoms with Crippen LogP contribution >= 0.6 is 0 Å². The van der Waals surface area contributed by atoms with Gasteiger partial charge in [-0.05, 0) is 29.8 Å². The van der Waals surface area contributed by atoms with Crippen LogP contribution in [-0.2, 0) is 0 Å². The van der Waals surface area contributed by atoms with E-state index in [2.05, 4.69) is 0 Å². The van der Waals surface area contributed by atoms with Crippen molar-refractivity contribution < 1.29 is 22.7 Å². The molecular weight excluding hydrogens is 293 g/mol. The summed E-state index contributed by atoms with van der Waals surface area (Å²) in [4.78, 5) is 12.5. The Balaban J connectivity index is 2.33. The average Bonchev–Trinajstić information content (AvgIpc) is 2.52. The molecule has 0 aliphatic heterocycles. The van der Waals surface area contributed by atoms with Crippen LogP contribution in [0.3, 0.4) is 0 Å². The van der Waals surface area contributed by atoms with Crippen LogP contribution in [0.15, 0.2) is 54.6 Å². The third-order valence-corrected chi connectivity index (χ3v) is 3.33. The highest BCUT2D eigenvalue weighted by Gasteiger charge is 2.36. The Morgan fingerprint density at radius 2 is 1.64 bits per heavy atom. The lowest BCUT2D eigenvalue weighted by molar-refractivity contribution is -0.136. The van der Waals surface area contributed by atoms with Crippen LogP contribution in [0.25, 0.3) is 0 Å². The van der Waals surface area contributed by atoms with Crippen LogP contribution in [0.1, 0.15) is 28.3 Å². The first-order valence-corrected chi connectivity index (χ1v) is 6.70. The molecule has 0 aromatic heterocycles. The number of alkyl halides is 3. The zero-order chi connectivity index (χ0) is 16.2. The molecule has 0 aliphatic carbocycles. The molecule has 0 saturated heterocycles. The van der Waals surface area contributed by atoms with Gasteiger partial charge in [-0.15, -0.1) is 0 Å². The number of halogens is 3. The van der Waals surface area contributed by atoms with E-state index in [0.29, 0.717) is 11.3 Å². The molecule has 0 N–H and O–H groups in total. The first-order valence-electron chi connectivity index (χ1n) is 6.70. The van der Waals surface area contributed by atoms with E-state index >= 15 is 0 Å². The van der Waals surface area contributed by atoms with Crippen molar-refractivity contribution >= 4 is 5.78 Å². The lowest BCUT2D eigenvalue weighted by Crippen LogP contribution is -2.21. The maximum Gasteiger partial charge on any atom is 0.390 e. The summed E-state index contributed by atoms with van der Waals surface area (Å²) in [7, 11) is 1.48. The maximum absolute atomic E-state index is 12.8. The number of carbonyl (C=O) groups is 1. The van der Waals surface area contributed by atoms with Crippen LogP contribution in [0, 0.1) is 0 Å². The lowest BCUT2D eigenvalue weighted by Gasteiger charge is -2.18. The number of ketones is 1. The molecule has 0 unspecified atom stereocenters. The second-order valence-corrected chi connectivity index (χ2v) is 4.88. The van der Waals surface area contributed by atoms with Gasteiger partial charge in [0.2, 0.25) is 0 Å². The first-order chi connectivity index (χ1) is 10.4. The van der Waals surface area contributed by atoms with E-state index in [-0.39, 0.29) is 5.56 Å². The maximum atomic E-state index is 12.8. The Kier molecular flexibility index (Phi) is 4.85. The summed E-state index contributed by atoms with van der Waals surface area (Å²) in [5, 5.41) is 0. The van der Waals surface area contributed by atoms with E-state index in [1.807, 2.05) is 0 Å². The Morgan fingerprint density at radius 1 is 1.05 bits per heavy atom. The van der Waals surface area contributed by atoms with Gasteiger partial charge >= 0.3 is 6.18 Å². The van der Waals surface area contributed by atoms with Crippen molar-refractivity contribution in [3.8, 4) is 5.75 Å². The molecule has 2 nitrogen and oxygen atoms in total. The number of benzene rings is 2. The van der Waals surface area contributed by atoms with Crippen molar-refractivity contribution in [1.29, 1.82) is 0 Å². The van der Waals surface area contributed by atoms with Gasteiger partial charge in [-0.25, -0.2) is 0 Å². The van der Waals surface area contributed by atoms with Crippen molar-refractivity contribution in [2.24, 2.45) is 0 Å². The monoisotopic (exact) mass is 308 g/mol. The fraction of sp³-hybridized carbons (Fsp3) is 0.235. The normalized spacial score (nSPS) is 12.7. The quantitative estimate of drug-likeness (QED) is 0.754. The molecular formula is C17H15F3O2. The molecule has 22 heavy (non-hydrogen) atoms. The zero-order valence-corrected chi connectivity index (χ0v) is 11.9. The van der Waals surface area contributed by atoms with Gasteiger partial charge in [-0.3, -0.25) is 4.79 Å². The molecule has 2 rings (SSSR count). The molecule has 0 bridgehead atoms. The molecule has 0 spiro atoms. The fourth-order valence-corrected chi connectivity index (χ4v) is 2.24. The van der Waals surface area contributed by atoms with Gasteiger partial charge in [0.15, 0.2) is 5.78 Å². The molecule has 0 saturated carbocycles. The minimum atomic E-state index is -4.41. The van der Waals surface area contributed by atoms with Crippen LogP contribution in [0.4, 0.5) is 13.2 Å². The van der Waals surface area contributed by atoms with Crippen molar-refractivity contribution in [2.45, 2.75) is 18.5 Å². The third kappa shape index (κ3) is 4.10. The molecule has 2 aromatic carbocycles. The highest BCUT2D eigenvalue weighted by molar-refractivity contribution is 6.01. The minimum Gasteiger partial charge on any atom is -0.497 e. The number of rotatable bonds is 5. The van der Waals surface area contributed by atoms with Crippen molar-refractivity contribution in [1.82, 2.24) is 0 Å². The molecule has 0 heterocycles. The summed E-state index contributed by atoms with van der Waals surface area (Å²) in [6.45, 7) is 0.